The van der Waals surface area contributed by atoms with Crippen molar-refractivity contribution in [1.29, 1.82) is 0 Å². The fraction of sp³-hybridized carbons (Fsp3) is 0.200. The summed E-state index contributed by atoms with van der Waals surface area (Å²) in [5.74, 6) is -0.809. The van der Waals surface area contributed by atoms with Crippen LogP contribution in [0.5, 0.6) is 0 Å². The van der Waals surface area contributed by atoms with Crippen LogP contribution in [0.25, 0.3) is 11.3 Å². The van der Waals surface area contributed by atoms with Crippen LogP contribution in [-0.4, -0.2) is 40.9 Å². The summed E-state index contributed by atoms with van der Waals surface area (Å²) in [6.45, 7) is 0. The molecule has 2 rings (SSSR count). The highest BCUT2D eigenvalue weighted by molar-refractivity contribution is 6.06. The van der Waals surface area contributed by atoms with Crippen molar-refractivity contribution in [3.63, 3.8) is 0 Å². The standard InChI is InChI=1S/C15H15N3O3/c1-18(2)14-7-12(16-9-17-14)10-4-3-5-11(6-10)13(19)8-15(20)21/h3-7,9H,8H2,1-2H3,(H,20,21). The Balaban J connectivity index is 2.35. The molecule has 21 heavy (non-hydrogen) atoms. The Labute approximate surface area is 122 Å². The molecule has 0 saturated heterocycles. The van der Waals surface area contributed by atoms with Crippen molar-refractivity contribution in [3.05, 3.63) is 42.2 Å². The van der Waals surface area contributed by atoms with E-state index in [2.05, 4.69) is 9.97 Å². The van der Waals surface area contributed by atoms with Crippen LogP contribution >= 0.6 is 0 Å². The van der Waals surface area contributed by atoms with E-state index in [1.807, 2.05) is 25.1 Å². The van der Waals surface area contributed by atoms with E-state index < -0.39 is 18.2 Å². The number of carboxylic acid groups (broad SMARTS) is 1. The van der Waals surface area contributed by atoms with Gasteiger partial charge in [0.2, 0.25) is 0 Å². The Bertz CT molecular complexity index is 683. The zero-order chi connectivity index (χ0) is 15.4. The summed E-state index contributed by atoms with van der Waals surface area (Å²) in [5.41, 5.74) is 1.79. The second-order valence-corrected chi connectivity index (χ2v) is 4.73. The van der Waals surface area contributed by atoms with E-state index in [4.69, 9.17) is 5.11 Å². The summed E-state index contributed by atoms with van der Waals surface area (Å²) >= 11 is 0. The molecule has 0 unspecified atom stereocenters. The Morgan fingerprint density at radius 2 is 1.95 bits per heavy atom. The van der Waals surface area contributed by atoms with E-state index in [0.717, 1.165) is 11.4 Å². The van der Waals surface area contributed by atoms with Gasteiger partial charge >= 0.3 is 5.97 Å². The first-order chi connectivity index (χ1) is 9.97. The van der Waals surface area contributed by atoms with Gasteiger partial charge in [0.15, 0.2) is 5.78 Å². The quantitative estimate of drug-likeness (QED) is 0.667. The monoisotopic (exact) mass is 285 g/mol. The van der Waals surface area contributed by atoms with Crippen LogP contribution < -0.4 is 4.90 Å². The summed E-state index contributed by atoms with van der Waals surface area (Å²) in [7, 11) is 3.75. The van der Waals surface area contributed by atoms with Crippen molar-refractivity contribution >= 4 is 17.6 Å². The second kappa shape index (κ2) is 6.13. The summed E-state index contributed by atoms with van der Waals surface area (Å²) < 4.78 is 0. The SMILES string of the molecule is CN(C)c1cc(-c2cccc(C(=O)CC(=O)O)c2)ncn1. The molecule has 0 atom stereocenters. The van der Waals surface area contributed by atoms with Gasteiger partial charge in [-0.25, -0.2) is 9.97 Å². The van der Waals surface area contributed by atoms with Crippen LogP contribution in [0.3, 0.4) is 0 Å². The molecule has 0 aliphatic carbocycles. The highest BCUT2D eigenvalue weighted by atomic mass is 16.4. The van der Waals surface area contributed by atoms with Crippen LogP contribution in [0, 0.1) is 0 Å². The summed E-state index contributed by atoms with van der Waals surface area (Å²) in [6, 6.07) is 8.58. The molecule has 6 heteroatoms. The van der Waals surface area contributed by atoms with Crippen LogP contribution in [-0.2, 0) is 4.79 Å². The number of carboxylic acids is 1. The Morgan fingerprint density at radius 3 is 2.62 bits per heavy atom. The molecule has 108 valence electrons. The van der Waals surface area contributed by atoms with Crippen LogP contribution in [0.1, 0.15) is 16.8 Å². The topological polar surface area (TPSA) is 83.4 Å². The molecule has 0 bridgehead atoms. The molecule has 1 heterocycles. The molecule has 0 spiro atoms. The molecular formula is C15H15N3O3. The predicted octanol–water partition coefficient (Wildman–Crippen LogP) is 1.87. The van der Waals surface area contributed by atoms with Crippen molar-refractivity contribution in [1.82, 2.24) is 9.97 Å². The maximum atomic E-state index is 11.8. The van der Waals surface area contributed by atoms with Gasteiger partial charge in [0.05, 0.1) is 5.69 Å². The van der Waals surface area contributed by atoms with E-state index in [1.54, 1.807) is 24.3 Å². The molecule has 1 aromatic carbocycles. The Kier molecular flexibility index (Phi) is 4.27. The molecule has 1 N–H and O–H groups in total. The number of rotatable bonds is 5. The number of benzene rings is 1. The lowest BCUT2D eigenvalue weighted by atomic mass is 10.0. The number of ketones is 1. The van der Waals surface area contributed by atoms with Gasteiger partial charge < -0.3 is 10.0 Å². The molecule has 0 aliphatic rings. The van der Waals surface area contributed by atoms with Crippen molar-refractivity contribution in [2.75, 3.05) is 19.0 Å². The zero-order valence-electron chi connectivity index (χ0n) is 11.8. The third kappa shape index (κ3) is 3.62. The van der Waals surface area contributed by atoms with Crippen molar-refractivity contribution in [2.45, 2.75) is 6.42 Å². The molecule has 2 aromatic rings. The second-order valence-electron chi connectivity index (χ2n) is 4.73. The third-order valence-electron chi connectivity index (χ3n) is 2.90. The number of carbonyl (C=O) groups excluding carboxylic acids is 1. The lowest BCUT2D eigenvalue weighted by Crippen LogP contribution is -2.10. The van der Waals surface area contributed by atoms with E-state index in [-0.39, 0.29) is 0 Å². The van der Waals surface area contributed by atoms with Crippen LogP contribution in [0.4, 0.5) is 5.82 Å². The van der Waals surface area contributed by atoms with Gasteiger partial charge in [0.25, 0.3) is 0 Å². The number of aliphatic carboxylic acids is 1. The average Bonchev–Trinajstić information content (AvgIpc) is 2.47. The molecule has 1 aromatic heterocycles. The molecule has 0 saturated carbocycles. The molecule has 0 amide bonds. The Morgan fingerprint density at radius 1 is 1.19 bits per heavy atom. The minimum absolute atomic E-state index is 0.361. The lowest BCUT2D eigenvalue weighted by molar-refractivity contribution is -0.135. The lowest BCUT2D eigenvalue weighted by Gasteiger charge is -2.11. The smallest absolute Gasteiger partial charge is 0.311 e. The van der Waals surface area contributed by atoms with Gasteiger partial charge in [-0.1, -0.05) is 18.2 Å². The largest absolute Gasteiger partial charge is 0.481 e. The van der Waals surface area contributed by atoms with Gasteiger partial charge in [-0.2, -0.15) is 0 Å². The number of aromatic nitrogens is 2. The van der Waals surface area contributed by atoms with Crippen molar-refractivity contribution in [2.24, 2.45) is 0 Å². The minimum Gasteiger partial charge on any atom is -0.481 e. The summed E-state index contributed by atoms with van der Waals surface area (Å²) in [5, 5.41) is 8.68. The van der Waals surface area contributed by atoms with E-state index >= 15 is 0 Å². The highest BCUT2D eigenvalue weighted by Crippen LogP contribution is 2.21. The average molecular weight is 285 g/mol. The van der Waals surface area contributed by atoms with Gasteiger partial charge in [0.1, 0.15) is 18.6 Å². The number of anilines is 1. The fourth-order valence-corrected chi connectivity index (χ4v) is 1.84. The summed E-state index contributed by atoms with van der Waals surface area (Å²) in [6.07, 6.45) is 0.937. The number of nitrogens with zero attached hydrogens (tertiary/aromatic N) is 3. The first kappa shape index (κ1) is 14.6. The first-order valence-corrected chi connectivity index (χ1v) is 6.32. The zero-order valence-corrected chi connectivity index (χ0v) is 11.8. The third-order valence-corrected chi connectivity index (χ3v) is 2.90. The Hall–Kier alpha value is -2.76. The van der Waals surface area contributed by atoms with Gasteiger partial charge in [-0.3, -0.25) is 9.59 Å². The van der Waals surface area contributed by atoms with Crippen LogP contribution in [0.2, 0.25) is 0 Å². The fourth-order valence-electron chi connectivity index (χ4n) is 1.84. The van der Waals surface area contributed by atoms with Gasteiger partial charge in [0, 0.05) is 31.3 Å². The predicted molar refractivity (Wildman–Crippen MR) is 78.4 cm³/mol. The molecule has 0 aliphatic heterocycles. The maximum Gasteiger partial charge on any atom is 0.311 e. The molecule has 0 fully saturated rings. The molecule has 0 radical (unpaired) electrons. The molecule has 6 nitrogen and oxygen atoms in total. The van der Waals surface area contributed by atoms with Gasteiger partial charge in [-0.05, 0) is 6.07 Å². The summed E-state index contributed by atoms with van der Waals surface area (Å²) in [4.78, 5) is 32.6. The number of carbonyl (C=O) groups is 2. The normalized spacial score (nSPS) is 10.2. The van der Waals surface area contributed by atoms with Crippen molar-refractivity contribution in [3.8, 4) is 11.3 Å². The van der Waals surface area contributed by atoms with Crippen molar-refractivity contribution < 1.29 is 14.7 Å². The van der Waals surface area contributed by atoms with E-state index in [9.17, 15) is 9.59 Å². The number of hydrogen-bond donors (Lipinski definition) is 1. The number of Topliss-reactive ketones (excluding diaryl/α,β-unsaturated/α-hetero) is 1. The van der Waals surface area contributed by atoms with Crippen LogP contribution in [0.15, 0.2) is 36.7 Å². The van der Waals surface area contributed by atoms with E-state index in [1.165, 1.54) is 6.33 Å². The first-order valence-electron chi connectivity index (χ1n) is 6.32. The highest BCUT2D eigenvalue weighted by Gasteiger charge is 2.12. The van der Waals surface area contributed by atoms with Gasteiger partial charge in [-0.15, -0.1) is 0 Å². The minimum atomic E-state index is -1.14. The molecular weight excluding hydrogens is 270 g/mol. The maximum absolute atomic E-state index is 11.8. The number of hydrogen-bond acceptors (Lipinski definition) is 5. The van der Waals surface area contributed by atoms with E-state index in [0.29, 0.717) is 11.3 Å².